The lowest BCUT2D eigenvalue weighted by molar-refractivity contribution is -0.157. The van der Waals surface area contributed by atoms with E-state index in [4.69, 9.17) is 4.74 Å². The van der Waals surface area contributed by atoms with Gasteiger partial charge in [-0.15, -0.1) is 0 Å². The minimum Gasteiger partial charge on any atom is -0.456 e. The third-order valence-electron chi connectivity index (χ3n) is 5.19. The Balaban J connectivity index is 1.63. The first kappa shape index (κ1) is 21.1. The van der Waals surface area contributed by atoms with Crippen molar-refractivity contribution in [3.05, 3.63) is 35.6 Å². The highest BCUT2D eigenvalue weighted by atomic mass is 79.9. The van der Waals surface area contributed by atoms with Crippen molar-refractivity contribution in [3.8, 4) is 0 Å². The molecule has 1 aromatic carbocycles. The molecular weight excluding hydrogens is 501 g/mol. The molecule has 1 aromatic rings. The first-order valence-corrected chi connectivity index (χ1v) is 10.6. The Morgan fingerprint density at radius 2 is 1.61 bits per heavy atom. The van der Waals surface area contributed by atoms with Crippen LogP contribution in [0.2, 0.25) is 0 Å². The molecule has 0 spiro atoms. The molecule has 1 aliphatic heterocycles. The minimum atomic E-state index is -1.12. The van der Waals surface area contributed by atoms with E-state index in [-0.39, 0.29) is 27.0 Å². The number of imide groups is 1. The van der Waals surface area contributed by atoms with Crippen LogP contribution < -0.4 is 0 Å². The summed E-state index contributed by atoms with van der Waals surface area (Å²) in [6.07, 6.45) is 1.01. The Labute approximate surface area is 178 Å². The summed E-state index contributed by atoms with van der Waals surface area (Å²) in [6, 6.07) is 3.74. The van der Waals surface area contributed by atoms with Crippen molar-refractivity contribution in [3.63, 3.8) is 0 Å². The quantitative estimate of drug-likeness (QED) is 0.259. The van der Waals surface area contributed by atoms with Crippen molar-refractivity contribution >= 4 is 55.4 Å². The van der Waals surface area contributed by atoms with Gasteiger partial charge >= 0.3 is 5.97 Å². The van der Waals surface area contributed by atoms with Gasteiger partial charge in [0.15, 0.2) is 12.4 Å². The second kappa shape index (κ2) is 8.41. The zero-order chi connectivity index (χ0) is 20.6. The molecular formula is C19H18Br2FNO5. The predicted molar refractivity (Wildman–Crippen MR) is 105 cm³/mol. The molecule has 1 saturated heterocycles. The molecule has 2 fully saturated rings. The predicted octanol–water partition coefficient (Wildman–Crippen LogP) is 2.86. The van der Waals surface area contributed by atoms with Crippen LogP contribution in [0.15, 0.2) is 24.3 Å². The number of carbonyl (C=O) groups is 4. The molecule has 3 rings (SSSR count). The maximum absolute atomic E-state index is 12.9. The first-order valence-electron chi connectivity index (χ1n) is 8.81. The highest BCUT2D eigenvalue weighted by Crippen LogP contribution is 2.43. The standard InChI is InChI=1S/C19H18Br2FNO5/c1-9(19(27)28-8-16(24)10-2-4-11(22)5-3-10)23-17(25)12-6-14(20)15(21)7-13(12)18(23)26/h2-5,9,12-15H,6-8H2,1H3. The van der Waals surface area contributed by atoms with Crippen molar-refractivity contribution in [2.45, 2.75) is 35.5 Å². The van der Waals surface area contributed by atoms with Crippen LogP contribution in [-0.4, -0.2) is 50.8 Å². The Hall–Kier alpha value is -1.61. The number of nitrogens with zero attached hydrogens (tertiary/aromatic N) is 1. The summed E-state index contributed by atoms with van der Waals surface area (Å²) in [7, 11) is 0. The third-order valence-corrected chi connectivity index (χ3v) is 7.92. The van der Waals surface area contributed by atoms with Gasteiger partial charge < -0.3 is 4.74 Å². The minimum absolute atomic E-state index is 0.0704. The summed E-state index contributed by atoms with van der Waals surface area (Å²) in [5.74, 6) is -3.49. The average Bonchev–Trinajstić information content (AvgIpc) is 2.90. The van der Waals surface area contributed by atoms with Crippen LogP contribution in [0.5, 0.6) is 0 Å². The molecule has 0 aromatic heterocycles. The molecule has 28 heavy (non-hydrogen) atoms. The maximum Gasteiger partial charge on any atom is 0.329 e. The molecule has 1 heterocycles. The molecule has 0 bridgehead atoms. The van der Waals surface area contributed by atoms with E-state index < -0.39 is 42.1 Å². The van der Waals surface area contributed by atoms with Crippen LogP contribution in [0.1, 0.15) is 30.1 Å². The van der Waals surface area contributed by atoms with Crippen molar-refractivity contribution in [1.29, 1.82) is 0 Å². The number of benzene rings is 1. The molecule has 1 saturated carbocycles. The fourth-order valence-electron chi connectivity index (χ4n) is 3.58. The molecule has 2 amide bonds. The van der Waals surface area contributed by atoms with Crippen molar-refractivity contribution in [1.82, 2.24) is 4.90 Å². The summed E-state index contributed by atoms with van der Waals surface area (Å²) in [5.41, 5.74) is 0.202. The highest BCUT2D eigenvalue weighted by molar-refractivity contribution is 9.12. The number of Topliss-reactive ketones (excluding diaryl/α,β-unsaturated/α-hetero) is 1. The fourth-order valence-corrected chi connectivity index (χ4v) is 4.82. The van der Waals surface area contributed by atoms with E-state index in [1.54, 1.807) is 0 Å². The Bertz CT molecular complexity index is 787. The smallest absolute Gasteiger partial charge is 0.329 e. The number of carbonyl (C=O) groups excluding carboxylic acids is 4. The second-order valence-corrected chi connectivity index (χ2v) is 9.33. The Morgan fingerprint density at radius 1 is 1.11 bits per heavy atom. The summed E-state index contributed by atoms with van der Waals surface area (Å²) >= 11 is 7.02. The van der Waals surface area contributed by atoms with Crippen LogP contribution >= 0.6 is 31.9 Å². The topological polar surface area (TPSA) is 80.8 Å². The first-order chi connectivity index (χ1) is 13.2. The molecule has 1 aliphatic carbocycles. The Morgan fingerprint density at radius 3 is 2.11 bits per heavy atom. The maximum atomic E-state index is 12.9. The largest absolute Gasteiger partial charge is 0.456 e. The molecule has 6 nitrogen and oxygen atoms in total. The number of esters is 1. The van der Waals surface area contributed by atoms with Crippen LogP contribution in [0, 0.1) is 17.7 Å². The van der Waals surface area contributed by atoms with Gasteiger partial charge in [-0.25, -0.2) is 9.18 Å². The molecule has 5 unspecified atom stereocenters. The zero-order valence-corrected chi connectivity index (χ0v) is 18.1. The van der Waals surface area contributed by atoms with E-state index >= 15 is 0 Å². The number of ether oxygens (including phenoxy) is 1. The SMILES string of the molecule is CC(C(=O)OCC(=O)c1ccc(F)cc1)N1C(=O)C2CC(Br)C(Br)CC2C1=O. The van der Waals surface area contributed by atoms with Gasteiger partial charge in [-0.1, -0.05) is 31.9 Å². The fraction of sp³-hybridized carbons (Fsp3) is 0.474. The van der Waals surface area contributed by atoms with Crippen LogP contribution in [0.4, 0.5) is 4.39 Å². The second-order valence-electron chi connectivity index (χ2n) is 6.98. The van der Waals surface area contributed by atoms with E-state index in [2.05, 4.69) is 31.9 Å². The monoisotopic (exact) mass is 517 g/mol. The summed E-state index contributed by atoms with van der Waals surface area (Å²) in [5, 5.41) is 0. The van der Waals surface area contributed by atoms with Crippen LogP contribution in [0.3, 0.4) is 0 Å². The number of hydrogen-bond acceptors (Lipinski definition) is 5. The van der Waals surface area contributed by atoms with E-state index in [0.29, 0.717) is 12.8 Å². The van der Waals surface area contributed by atoms with E-state index in [0.717, 1.165) is 17.0 Å². The van der Waals surface area contributed by atoms with Crippen molar-refractivity contribution in [2.75, 3.05) is 6.61 Å². The van der Waals surface area contributed by atoms with Crippen LogP contribution in [-0.2, 0) is 19.1 Å². The Kier molecular flexibility index (Phi) is 6.34. The van der Waals surface area contributed by atoms with Gasteiger partial charge in [0.05, 0.1) is 11.8 Å². The summed E-state index contributed by atoms with van der Waals surface area (Å²) in [4.78, 5) is 50.9. The molecule has 9 heteroatoms. The lowest BCUT2D eigenvalue weighted by atomic mass is 9.81. The van der Waals surface area contributed by atoms with Crippen LogP contribution in [0.25, 0.3) is 0 Å². The number of alkyl halides is 2. The van der Waals surface area contributed by atoms with E-state index in [1.165, 1.54) is 19.1 Å². The van der Waals surface area contributed by atoms with Gasteiger partial charge in [0, 0.05) is 15.2 Å². The molecule has 5 atom stereocenters. The lowest BCUT2D eigenvalue weighted by Gasteiger charge is -2.29. The third kappa shape index (κ3) is 4.05. The van der Waals surface area contributed by atoms with Crippen molar-refractivity contribution < 1.29 is 28.3 Å². The number of fused-ring (bicyclic) bond motifs is 1. The van der Waals surface area contributed by atoms with Gasteiger partial charge in [-0.3, -0.25) is 19.3 Å². The lowest BCUT2D eigenvalue weighted by Crippen LogP contribution is -2.44. The van der Waals surface area contributed by atoms with Crippen molar-refractivity contribution in [2.24, 2.45) is 11.8 Å². The normalized spacial score (nSPS) is 28.1. The zero-order valence-electron chi connectivity index (χ0n) is 14.9. The molecule has 0 N–H and O–H groups in total. The van der Waals surface area contributed by atoms with E-state index in [9.17, 15) is 23.6 Å². The number of hydrogen-bond donors (Lipinski definition) is 0. The molecule has 0 radical (unpaired) electrons. The summed E-state index contributed by atoms with van der Waals surface area (Å²) in [6.45, 7) is 0.861. The number of halogens is 3. The van der Waals surface area contributed by atoms with E-state index in [1.807, 2.05) is 0 Å². The number of rotatable bonds is 5. The number of ketones is 1. The van der Waals surface area contributed by atoms with Gasteiger partial charge in [-0.05, 0) is 44.0 Å². The number of amides is 2. The highest BCUT2D eigenvalue weighted by Gasteiger charge is 2.54. The molecule has 150 valence electrons. The van der Waals surface area contributed by atoms with Gasteiger partial charge in [-0.2, -0.15) is 0 Å². The van der Waals surface area contributed by atoms with Gasteiger partial charge in [0.25, 0.3) is 0 Å². The summed E-state index contributed by atoms with van der Waals surface area (Å²) < 4.78 is 17.9. The van der Waals surface area contributed by atoms with Gasteiger partial charge in [0.1, 0.15) is 11.9 Å². The number of likely N-dealkylation sites (tertiary alicyclic amines) is 1. The molecule has 2 aliphatic rings. The van der Waals surface area contributed by atoms with Gasteiger partial charge in [0.2, 0.25) is 11.8 Å². The average molecular weight is 519 g/mol.